The van der Waals surface area contributed by atoms with Gasteiger partial charge in [-0.3, -0.25) is 0 Å². The SMILES string of the molecule is CCCCCCCC(C)NC(C)(C)CC(C)(C)C. The Morgan fingerprint density at radius 3 is 1.94 bits per heavy atom. The maximum absolute atomic E-state index is 3.80. The maximum Gasteiger partial charge on any atom is 0.0132 e. The van der Waals surface area contributed by atoms with Crippen LogP contribution in [0.4, 0.5) is 0 Å². The van der Waals surface area contributed by atoms with E-state index in [0.717, 1.165) is 0 Å². The van der Waals surface area contributed by atoms with E-state index in [0.29, 0.717) is 11.5 Å². The van der Waals surface area contributed by atoms with Crippen molar-refractivity contribution < 1.29 is 0 Å². The average molecular weight is 255 g/mol. The fourth-order valence-corrected chi connectivity index (χ4v) is 3.17. The quantitative estimate of drug-likeness (QED) is 0.533. The van der Waals surface area contributed by atoms with Gasteiger partial charge >= 0.3 is 0 Å². The normalized spacial score (nSPS) is 14.8. The van der Waals surface area contributed by atoms with Crippen molar-refractivity contribution in [3.8, 4) is 0 Å². The highest BCUT2D eigenvalue weighted by Crippen LogP contribution is 2.27. The average Bonchev–Trinajstić information content (AvgIpc) is 2.12. The molecule has 1 N–H and O–H groups in total. The highest BCUT2D eigenvalue weighted by molar-refractivity contribution is 4.85. The van der Waals surface area contributed by atoms with Gasteiger partial charge in [0.15, 0.2) is 0 Å². The van der Waals surface area contributed by atoms with E-state index in [2.05, 4.69) is 53.8 Å². The van der Waals surface area contributed by atoms with Crippen LogP contribution in [0.5, 0.6) is 0 Å². The van der Waals surface area contributed by atoms with Gasteiger partial charge in [0.25, 0.3) is 0 Å². The van der Waals surface area contributed by atoms with E-state index in [1.165, 1.54) is 44.9 Å². The molecule has 0 radical (unpaired) electrons. The second-order valence-electron chi connectivity index (χ2n) is 7.87. The van der Waals surface area contributed by atoms with Gasteiger partial charge in [0.1, 0.15) is 0 Å². The summed E-state index contributed by atoms with van der Waals surface area (Å²) in [5.41, 5.74) is 0.651. The zero-order valence-corrected chi connectivity index (χ0v) is 14.0. The predicted octanol–water partition coefficient (Wildman–Crippen LogP) is 5.54. The molecule has 0 saturated heterocycles. The van der Waals surface area contributed by atoms with Crippen LogP contribution in [0.2, 0.25) is 0 Å². The second-order valence-corrected chi connectivity index (χ2v) is 7.87. The van der Waals surface area contributed by atoms with Gasteiger partial charge in [0.05, 0.1) is 0 Å². The van der Waals surface area contributed by atoms with Crippen LogP contribution in [0, 0.1) is 5.41 Å². The van der Waals surface area contributed by atoms with Crippen molar-refractivity contribution >= 4 is 0 Å². The molecule has 110 valence electrons. The minimum absolute atomic E-state index is 0.251. The van der Waals surface area contributed by atoms with Gasteiger partial charge in [-0.2, -0.15) is 0 Å². The summed E-state index contributed by atoms with van der Waals surface area (Å²) in [6, 6.07) is 0.643. The third-order valence-electron chi connectivity index (χ3n) is 3.35. The van der Waals surface area contributed by atoms with Crippen molar-refractivity contribution in [2.45, 2.75) is 105 Å². The molecule has 1 unspecified atom stereocenters. The van der Waals surface area contributed by atoms with Gasteiger partial charge in [-0.15, -0.1) is 0 Å². The van der Waals surface area contributed by atoms with Crippen LogP contribution < -0.4 is 5.32 Å². The summed E-state index contributed by atoms with van der Waals surface area (Å²) in [5, 5.41) is 3.80. The molecule has 1 atom stereocenters. The van der Waals surface area contributed by atoms with E-state index in [4.69, 9.17) is 0 Å². The van der Waals surface area contributed by atoms with E-state index < -0.39 is 0 Å². The molecule has 0 heterocycles. The molecule has 0 aliphatic heterocycles. The smallest absolute Gasteiger partial charge is 0.0132 e. The molecule has 0 rings (SSSR count). The minimum Gasteiger partial charge on any atom is -0.309 e. The zero-order chi connectivity index (χ0) is 14.2. The fourth-order valence-electron chi connectivity index (χ4n) is 3.17. The van der Waals surface area contributed by atoms with E-state index in [1.54, 1.807) is 0 Å². The first-order chi connectivity index (χ1) is 8.16. The Labute approximate surface area is 116 Å². The van der Waals surface area contributed by atoms with Gasteiger partial charge in [0.2, 0.25) is 0 Å². The van der Waals surface area contributed by atoms with Crippen LogP contribution in [0.1, 0.15) is 93.4 Å². The summed E-state index contributed by atoms with van der Waals surface area (Å²) in [6.07, 6.45) is 9.47. The monoisotopic (exact) mass is 255 g/mol. The second kappa shape index (κ2) is 8.19. The van der Waals surface area contributed by atoms with Crippen molar-refractivity contribution in [2.24, 2.45) is 5.41 Å². The Balaban J connectivity index is 3.81. The molecule has 0 aliphatic rings. The molecule has 0 amide bonds. The Hall–Kier alpha value is -0.0400. The summed E-state index contributed by atoms with van der Waals surface area (Å²) in [6.45, 7) is 16.3. The molecule has 0 aromatic heterocycles. The topological polar surface area (TPSA) is 12.0 Å². The number of hydrogen-bond donors (Lipinski definition) is 1. The molecule has 1 nitrogen and oxygen atoms in total. The molecule has 0 bridgehead atoms. The van der Waals surface area contributed by atoms with E-state index >= 15 is 0 Å². The minimum atomic E-state index is 0.251. The molecule has 0 aromatic carbocycles. The number of unbranched alkanes of at least 4 members (excludes halogenated alkanes) is 4. The molecule has 0 saturated carbocycles. The predicted molar refractivity (Wildman–Crippen MR) is 84.1 cm³/mol. The molecule has 0 spiro atoms. The molecular formula is C17H37N. The van der Waals surface area contributed by atoms with Crippen molar-refractivity contribution in [3.63, 3.8) is 0 Å². The van der Waals surface area contributed by atoms with Crippen LogP contribution in [-0.2, 0) is 0 Å². The first-order valence-corrected chi connectivity index (χ1v) is 7.94. The van der Waals surface area contributed by atoms with Crippen LogP contribution in [-0.4, -0.2) is 11.6 Å². The van der Waals surface area contributed by atoms with Gasteiger partial charge in [-0.25, -0.2) is 0 Å². The Kier molecular flexibility index (Phi) is 8.18. The fraction of sp³-hybridized carbons (Fsp3) is 1.00. The van der Waals surface area contributed by atoms with Gasteiger partial charge in [-0.1, -0.05) is 59.8 Å². The number of hydrogen-bond acceptors (Lipinski definition) is 1. The third-order valence-corrected chi connectivity index (χ3v) is 3.35. The lowest BCUT2D eigenvalue weighted by Gasteiger charge is -2.36. The summed E-state index contributed by atoms with van der Waals surface area (Å²) in [4.78, 5) is 0. The zero-order valence-electron chi connectivity index (χ0n) is 14.0. The van der Waals surface area contributed by atoms with Gasteiger partial charge in [0, 0.05) is 11.6 Å². The Bertz CT molecular complexity index is 200. The first kappa shape index (κ1) is 18.0. The largest absolute Gasteiger partial charge is 0.309 e. The highest BCUT2D eigenvalue weighted by Gasteiger charge is 2.26. The van der Waals surface area contributed by atoms with Crippen molar-refractivity contribution in [3.05, 3.63) is 0 Å². The molecule has 0 aliphatic carbocycles. The lowest BCUT2D eigenvalue weighted by Crippen LogP contribution is -2.46. The first-order valence-electron chi connectivity index (χ1n) is 7.94. The standard InChI is InChI=1S/C17H37N/c1-8-9-10-11-12-13-15(2)18-17(6,7)14-16(3,4)5/h15,18H,8-14H2,1-7H3. The lowest BCUT2D eigenvalue weighted by atomic mass is 9.81. The lowest BCUT2D eigenvalue weighted by molar-refractivity contribution is 0.222. The number of nitrogens with one attached hydrogen (secondary N) is 1. The third kappa shape index (κ3) is 11.1. The van der Waals surface area contributed by atoms with Crippen molar-refractivity contribution in [1.29, 1.82) is 0 Å². The van der Waals surface area contributed by atoms with Crippen LogP contribution >= 0.6 is 0 Å². The van der Waals surface area contributed by atoms with E-state index in [9.17, 15) is 0 Å². The number of rotatable bonds is 9. The molecule has 1 heteroatoms. The summed E-state index contributed by atoms with van der Waals surface area (Å²) < 4.78 is 0. The van der Waals surface area contributed by atoms with Crippen molar-refractivity contribution in [2.75, 3.05) is 0 Å². The van der Waals surface area contributed by atoms with Gasteiger partial charge in [-0.05, 0) is 39.0 Å². The maximum atomic E-state index is 3.80. The highest BCUT2D eigenvalue weighted by atomic mass is 15.0. The van der Waals surface area contributed by atoms with Crippen LogP contribution in [0.3, 0.4) is 0 Å². The Morgan fingerprint density at radius 2 is 1.44 bits per heavy atom. The Morgan fingerprint density at radius 1 is 0.889 bits per heavy atom. The van der Waals surface area contributed by atoms with Gasteiger partial charge < -0.3 is 5.32 Å². The summed E-state index contributed by atoms with van der Waals surface area (Å²) in [5.74, 6) is 0. The molecule has 0 aromatic rings. The van der Waals surface area contributed by atoms with Crippen molar-refractivity contribution in [1.82, 2.24) is 5.32 Å². The summed E-state index contributed by atoms with van der Waals surface area (Å²) >= 11 is 0. The molecule has 18 heavy (non-hydrogen) atoms. The van der Waals surface area contributed by atoms with E-state index in [1.807, 2.05) is 0 Å². The molecule has 0 fully saturated rings. The molecular weight excluding hydrogens is 218 g/mol. The summed E-state index contributed by atoms with van der Waals surface area (Å²) in [7, 11) is 0. The van der Waals surface area contributed by atoms with Crippen LogP contribution in [0.25, 0.3) is 0 Å². The van der Waals surface area contributed by atoms with E-state index in [-0.39, 0.29) is 5.54 Å². The van der Waals surface area contributed by atoms with Crippen LogP contribution in [0.15, 0.2) is 0 Å².